The SMILES string of the molecule is CCc1cc(-c2cccc(Cl)c2)nn1CC(=O)N1CCC(CCC2=C\CC\C=C(OC)/C=N/2)CC1. The summed E-state index contributed by atoms with van der Waals surface area (Å²) in [5, 5.41) is 5.41. The Kier molecular flexibility index (Phi) is 8.80. The van der Waals surface area contributed by atoms with Crippen LogP contribution in [0.5, 0.6) is 0 Å². The van der Waals surface area contributed by atoms with Crippen LogP contribution in [0.1, 0.15) is 51.1 Å². The monoisotopic (exact) mass is 494 g/mol. The number of aromatic nitrogens is 2. The number of amides is 1. The molecule has 1 fully saturated rings. The average molecular weight is 495 g/mol. The first-order chi connectivity index (χ1) is 17.1. The number of likely N-dealkylation sites (tertiary alicyclic amines) is 1. The van der Waals surface area contributed by atoms with E-state index in [0.29, 0.717) is 10.9 Å². The zero-order valence-electron chi connectivity index (χ0n) is 20.8. The molecule has 0 spiro atoms. The van der Waals surface area contributed by atoms with Gasteiger partial charge >= 0.3 is 0 Å². The Hall–Kier alpha value is -2.86. The van der Waals surface area contributed by atoms with Crippen LogP contribution < -0.4 is 0 Å². The van der Waals surface area contributed by atoms with Gasteiger partial charge < -0.3 is 9.64 Å². The molecule has 2 aliphatic heterocycles. The highest BCUT2D eigenvalue weighted by Gasteiger charge is 2.24. The molecule has 0 aliphatic carbocycles. The third-order valence-corrected chi connectivity index (χ3v) is 7.13. The van der Waals surface area contributed by atoms with Gasteiger partial charge in [0.05, 0.1) is 19.0 Å². The summed E-state index contributed by atoms with van der Waals surface area (Å²) in [7, 11) is 1.69. The van der Waals surface area contributed by atoms with Crippen LogP contribution in [-0.2, 0) is 22.5 Å². The third kappa shape index (κ3) is 6.85. The number of rotatable bonds is 8. The zero-order valence-corrected chi connectivity index (χ0v) is 21.5. The van der Waals surface area contributed by atoms with Gasteiger partial charge in [0.15, 0.2) is 0 Å². The summed E-state index contributed by atoms with van der Waals surface area (Å²) in [5.41, 5.74) is 4.03. The Labute approximate surface area is 213 Å². The van der Waals surface area contributed by atoms with Crippen molar-refractivity contribution in [3.05, 3.63) is 64.7 Å². The number of hydrogen-bond donors (Lipinski definition) is 0. The number of methoxy groups -OCH3 is 1. The molecule has 0 N–H and O–H groups in total. The smallest absolute Gasteiger partial charge is 0.244 e. The molecule has 1 aromatic carbocycles. The molecular formula is C28H35ClN4O2. The first-order valence-corrected chi connectivity index (χ1v) is 13.0. The first-order valence-electron chi connectivity index (χ1n) is 12.6. The Morgan fingerprint density at radius 1 is 1.17 bits per heavy atom. The van der Waals surface area contributed by atoms with Gasteiger partial charge in [-0.3, -0.25) is 14.5 Å². The standard InChI is InChI=1S/C28H35ClN4O2/c1-3-25-18-27(22-7-6-8-23(29)17-22)31-33(25)20-28(34)32-15-13-21(14-16-32)11-12-24-9-4-5-10-26(35-2)19-30-24/h6-10,17-19,21H,3-5,11-16,20H2,1-2H3/b24-9-,26-10+,30-19+. The maximum atomic E-state index is 13.1. The van der Waals surface area contributed by atoms with Crippen LogP contribution in [0.2, 0.25) is 5.02 Å². The van der Waals surface area contributed by atoms with Crippen LogP contribution in [0, 0.1) is 5.92 Å². The molecule has 0 unspecified atom stereocenters. The number of aliphatic imine (C=N–C) groups is 1. The molecule has 0 saturated carbocycles. The van der Waals surface area contributed by atoms with Gasteiger partial charge in [0.1, 0.15) is 12.3 Å². The Morgan fingerprint density at radius 3 is 2.71 bits per heavy atom. The molecule has 3 heterocycles. The van der Waals surface area contributed by atoms with E-state index in [9.17, 15) is 4.79 Å². The second kappa shape index (κ2) is 12.2. The van der Waals surface area contributed by atoms with Crippen LogP contribution in [0.25, 0.3) is 11.3 Å². The quantitative estimate of drug-likeness (QED) is 0.448. The van der Waals surface area contributed by atoms with Crippen molar-refractivity contribution in [2.75, 3.05) is 20.2 Å². The minimum Gasteiger partial charge on any atom is -0.495 e. The molecule has 186 valence electrons. The molecule has 6 nitrogen and oxygen atoms in total. The summed E-state index contributed by atoms with van der Waals surface area (Å²) < 4.78 is 7.18. The number of benzene rings is 1. The summed E-state index contributed by atoms with van der Waals surface area (Å²) >= 11 is 6.15. The Bertz CT molecular complexity index is 1110. The molecule has 1 saturated heterocycles. The molecule has 1 amide bonds. The second-order valence-electron chi connectivity index (χ2n) is 9.25. The molecule has 1 aromatic heterocycles. The summed E-state index contributed by atoms with van der Waals surface area (Å²) in [6.07, 6.45) is 13.1. The number of allylic oxidation sites excluding steroid dienone is 4. The predicted octanol–water partition coefficient (Wildman–Crippen LogP) is 6.06. The molecule has 4 rings (SSSR count). The lowest BCUT2D eigenvalue weighted by Crippen LogP contribution is -2.40. The maximum Gasteiger partial charge on any atom is 0.244 e. The van der Waals surface area contributed by atoms with Crippen molar-refractivity contribution in [1.82, 2.24) is 14.7 Å². The minimum atomic E-state index is 0.144. The molecule has 0 bridgehead atoms. The number of carbonyl (C=O) groups is 1. The van der Waals surface area contributed by atoms with E-state index in [1.54, 1.807) is 7.11 Å². The highest BCUT2D eigenvalue weighted by Crippen LogP contribution is 2.26. The van der Waals surface area contributed by atoms with Crippen molar-refractivity contribution in [2.45, 2.75) is 58.4 Å². The van der Waals surface area contributed by atoms with E-state index in [2.05, 4.69) is 30.1 Å². The molecular weight excluding hydrogens is 460 g/mol. The maximum absolute atomic E-state index is 13.1. The van der Waals surface area contributed by atoms with E-state index in [-0.39, 0.29) is 12.5 Å². The number of ether oxygens (including phenoxy) is 1. The fourth-order valence-electron chi connectivity index (χ4n) is 4.75. The zero-order chi connectivity index (χ0) is 24.6. The van der Waals surface area contributed by atoms with E-state index >= 15 is 0 Å². The Morgan fingerprint density at radius 2 is 1.97 bits per heavy atom. The topological polar surface area (TPSA) is 59.7 Å². The van der Waals surface area contributed by atoms with Crippen molar-refractivity contribution in [3.8, 4) is 11.3 Å². The molecule has 7 heteroatoms. The second-order valence-corrected chi connectivity index (χ2v) is 9.68. The van der Waals surface area contributed by atoms with E-state index < -0.39 is 0 Å². The summed E-state index contributed by atoms with van der Waals surface area (Å²) in [4.78, 5) is 19.7. The first kappa shape index (κ1) is 25.2. The molecule has 2 aliphatic rings. The third-order valence-electron chi connectivity index (χ3n) is 6.89. The van der Waals surface area contributed by atoms with Gasteiger partial charge in [-0.2, -0.15) is 5.10 Å². The fourth-order valence-corrected chi connectivity index (χ4v) is 4.94. The fraction of sp³-hybridized carbons (Fsp3) is 0.464. The summed E-state index contributed by atoms with van der Waals surface area (Å²) in [6.45, 7) is 4.00. The number of aryl methyl sites for hydroxylation is 1. The normalized spacial score (nSPS) is 20.8. The van der Waals surface area contributed by atoms with Gasteiger partial charge in [0.25, 0.3) is 0 Å². The van der Waals surface area contributed by atoms with Crippen LogP contribution >= 0.6 is 11.6 Å². The van der Waals surface area contributed by atoms with Gasteiger partial charge in [0.2, 0.25) is 5.91 Å². The van der Waals surface area contributed by atoms with Crippen molar-refractivity contribution in [3.63, 3.8) is 0 Å². The largest absolute Gasteiger partial charge is 0.495 e. The van der Waals surface area contributed by atoms with Crippen LogP contribution in [-0.4, -0.2) is 47.0 Å². The van der Waals surface area contributed by atoms with Crippen LogP contribution in [0.3, 0.4) is 0 Å². The number of piperidine rings is 1. The van der Waals surface area contributed by atoms with Gasteiger partial charge in [-0.1, -0.05) is 36.7 Å². The van der Waals surface area contributed by atoms with Crippen LogP contribution in [0.15, 0.2) is 58.9 Å². The van der Waals surface area contributed by atoms with Crippen LogP contribution in [0.4, 0.5) is 0 Å². The number of nitrogens with zero attached hydrogens (tertiary/aromatic N) is 4. The van der Waals surface area contributed by atoms with Crippen molar-refractivity contribution >= 4 is 23.7 Å². The number of hydrogen-bond acceptors (Lipinski definition) is 4. The van der Waals surface area contributed by atoms with Gasteiger partial charge in [0, 0.05) is 35.1 Å². The van der Waals surface area contributed by atoms with Crippen molar-refractivity contribution in [1.29, 1.82) is 0 Å². The lowest BCUT2D eigenvalue weighted by Gasteiger charge is -2.32. The van der Waals surface area contributed by atoms with E-state index in [1.807, 2.05) is 40.1 Å². The van der Waals surface area contributed by atoms with Gasteiger partial charge in [-0.25, -0.2) is 0 Å². The van der Waals surface area contributed by atoms with Crippen molar-refractivity contribution < 1.29 is 9.53 Å². The average Bonchev–Trinajstić information content (AvgIpc) is 3.27. The highest BCUT2D eigenvalue weighted by atomic mass is 35.5. The Balaban J connectivity index is 1.28. The molecule has 0 atom stereocenters. The van der Waals surface area contributed by atoms with E-state index in [1.165, 1.54) is 0 Å². The highest BCUT2D eigenvalue weighted by molar-refractivity contribution is 6.30. The van der Waals surface area contributed by atoms with Crippen molar-refractivity contribution in [2.24, 2.45) is 10.9 Å². The molecule has 0 radical (unpaired) electrons. The predicted molar refractivity (Wildman–Crippen MR) is 141 cm³/mol. The van der Waals surface area contributed by atoms with Gasteiger partial charge in [-0.15, -0.1) is 0 Å². The molecule has 2 aromatic rings. The van der Waals surface area contributed by atoms with E-state index in [0.717, 1.165) is 86.4 Å². The van der Waals surface area contributed by atoms with Gasteiger partial charge in [-0.05, 0) is 75.1 Å². The summed E-state index contributed by atoms with van der Waals surface area (Å²) in [6, 6.07) is 9.74. The lowest BCUT2D eigenvalue weighted by molar-refractivity contribution is -0.133. The lowest BCUT2D eigenvalue weighted by atomic mass is 9.91. The molecule has 35 heavy (non-hydrogen) atoms. The number of carbonyl (C=O) groups excluding carboxylic acids is 1. The minimum absolute atomic E-state index is 0.144. The summed E-state index contributed by atoms with van der Waals surface area (Å²) in [5.74, 6) is 1.61. The number of halogens is 1. The van der Waals surface area contributed by atoms with E-state index in [4.69, 9.17) is 21.4 Å².